The summed E-state index contributed by atoms with van der Waals surface area (Å²) < 4.78 is 10.2. The van der Waals surface area contributed by atoms with E-state index < -0.39 is 24.0 Å². The Kier molecular flexibility index (Phi) is 9.61. The molecule has 2 heterocycles. The van der Waals surface area contributed by atoms with Gasteiger partial charge >= 0.3 is 5.97 Å². The average Bonchev–Trinajstić information content (AvgIpc) is 3.55. The van der Waals surface area contributed by atoms with Gasteiger partial charge in [0.15, 0.2) is 0 Å². The van der Waals surface area contributed by atoms with Crippen molar-refractivity contribution in [1.29, 1.82) is 0 Å². The Morgan fingerprint density at radius 3 is 2.27 bits per heavy atom. The molecule has 1 fully saturated rings. The van der Waals surface area contributed by atoms with E-state index in [-0.39, 0.29) is 37.9 Å². The molecule has 0 saturated carbocycles. The lowest BCUT2D eigenvalue weighted by molar-refractivity contribution is -0.145. The van der Waals surface area contributed by atoms with Crippen molar-refractivity contribution in [3.63, 3.8) is 0 Å². The third-order valence-electron chi connectivity index (χ3n) is 6.99. The van der Waals surface area contributed by atoms with Crippen molar-refractivity contribution in [3.8, 4) is 5.75 Å². The molecule has 1 aliphatic rings. The van der Waals surface area contributed by atoms with Crippen molar-refractivity contribution in [2.24, 2.45) is 0 Å². The summed E-state index contributed by atoms with van der Waals surface area (Å²) in [7, 11) is 6.65. The van der Waals surface area contributed by atoms with Crippen molar-refractivity contribution >= 4 is 40.7 Å². The second kappa shape index (κ2) is 13.3. The highest BCUT2D eigenvalue weighted by Gasteiger charge is 2.39. The number of carbonyl (C=O) groups is 4. The van der Waals surface area contributed by atoms with Gasteiger partial charge in [0.2, 0.25) is 5.91 Å². The molecule has 0 bridgehead atoms. The number of hydrogen-bond donors (Lipinski definition) is 1. The van der Waals surface area contributed by atoms with E-state index in [2.05, 4.69) is 5.32 Å². The minimum atomic E-state index is -1.01. The van der Waals surface area contributed by atoms with Crippen LogP contribution in [0.25, 0.3) is 0 Å². The zero-order valence-corrected chi connectivity index (χ0v) is 24.3. The smallest absolute Gasteiger partial charge is 0.328 e. The molecule has 3 amide bonds. The van der Waals surface area contributed by atoms with Gasteiger partial charge in [0.25, 0.3) is 11.8 Å². The van der Waals surface area contributed by atoms with Crippen LogP contribution in [0.4, 0.5) is 5.69 Å². The number of piperazine rings is 1. The first-order valence-corrected chi connectivity index (χ1v) is 14.0. The van der Waals surface area contributed by atoms with Crippen LogP contribution in [0.1, 0.15) is 25.6 Å². The van der Waals surface area contributed by atoms with Crippen molar-refractivity contribution in [1.82, 2.24) is 15.1 Å². The number of rotatable bonds is 9. The molecular formula is C30H34N4O6S. The summed E-state index contributed by atoms with van der Waals surface area (Å²) in [5.74, 6) is -1.03. The van der Waals surface area contributed by atoms with Crippen LogP contribution < -0.4 is 15.0 Å². The van der Waals surface area contributed by atoms with Crippen LogP contribution in [0, 0.1) is 0 Å². The Morgan fingerprint density at radius 1 is 0.976 bits per heavy atom. The Bertz CT molecular complexity index is 1360. The number of anilines is 1. The number of hydrogen-bond acceptors (Lipinski definition) is 8. The van der Waals surface area contributed by atoms with E-state index >= 15 is 0 Å². The normalized spacial score (nSPS) is 15.6. The predicted octanol–water partition coefficient (Wildman–Crippen LogP) is 2.69. The number of nitrogens with zero attached hydrogens (tertiary/aromatic N) is 3. The second-order valence-corrected chi connectivity index (χ2v) is 10.8. The van der Waals surface area contributed by atoms with Gasteiger partial charge in [-0.3, -0.25) is 14.4 Å². The summed E-state index contributed by atoms with van der Waals surface area (Å²) in [6.07, 6.45) is 0.175. The van der Waals surface area contributed by atoms with Crippen molar-refractivity contribution < 1.29 is 28.7 Å². The molecule has 4 rings (SSSR count). The highest BCUT2D eigenvalue weighted by Crippen LogP contribution is 2.21. The molecule has 3 aromatic rings. The summed E-state index contributed by atoms with van der Waals surface area (Å²) in [5.41, 5.74) is 2.23. The Labute approximate surface area is 243 Å². The molecule has 1 aliphatic heterocycles. The van der Waals surface area contributed by atoms with E-state index in [1.807, 2.05) is 31.1 Å². The first kappa shape index (κ1) is 29.6. The molecular weight excluding hydrogens is 544 g/mol. The number of ether oxygens (including phenoxy) is 2. The standard InChI is InChI=1S/C30H34N4O6S/c1-32(2)22-11-9-21(10-12-22)28(36)33-15-16-34(29(37)26-6-5-17-41-26)25(19-33)27(35)31-24(30(38)40-4)18-20-7-13-23(39-3)14-8-20/h5-14,17,24-25H,15-16,18-19H2,1-4H3,(H,31,35)/t24-,25+/m0/s1. The van der Waals surface area contributed by atoms with E-state index in [0.29, 0.717) is 16.2 Å². The molecule has 0 spiro atoms. The van der Waals surface area contributed by atoms with Crippen LogP contribution in [0.5, 0.6) is 5.75 Å². The summed E-state index contributed by atoms with van der Waals surface area (Å²) >= 11 is 1.28. The van der Waals surface area contributed by atoms with Gasteiger partial charge < -0.3 is 29.5 Å². The maximum Gasteiger partial charge on any atom is 0.328 e. The average molecular weight is 579 g/mol. The Balaban J connectivity index is 1.56. The molecule has 10 nitrogen and oxygen atoms in total. The molecule has 216 valence electrons. The Hall–Kier alpha value is -4.38. The molecule has 11 heteroatoms. The van der Waals surface area contributed by atoms with Crippen LogP contribution >= 0.6 is 11.3 Å². The molecule has 1 N–H and O–H groups in total. The minimum absolute atomic E-state index is 0.0202. The van der Waals surface area contributed by atoms with Crippen LogP contribution in [0.2, 0.25) is 0 Å². The van der Waals surface area contributed by atoms with Gasteiger partial charge in [0.05, 0.1) is 25.6 Å². The maximum atomic E-state index is 13.8. The van der Waals surface area contributed by atoms with Gasteiger partial charge in [-0.25, -0.2) is 4.79 Å². The van der Waals surface area contributed by atoms with Gasteiger partial charge in [-0.05, 0) is 53.4 Å². The lowest BCUT2D eigenvalue weighted by atomic mass is 10.0. The third kappa shape index (κ3) is 7.04. The van der Waals surface area contributed by atoms with Gasteiger partial charge in [0, 0.05) is 44.9 Å². The van der Waals surface area contributed by atoms with E-state index in [4.69, 9.17) is 9.47 Å². The monoisotopic (exact) mass is 578 g/mol. The van der Waals surface area contributed by atoms with Crippen LogP contribution in [-0.4, -0.2) is 93.5 Å². The number of methoxy groups -OCH3 is 2. The second-order valence-electron chi connectivity index (χ2n) is 9.82. The lowest BCUT2D eigenvalue weighted by Crippen LogP contribution is -2.63. The highest BCUT2D eigenvalue weighted by molar-refractivity contribution is 7.12. The van der Waals surface area contributed by atoms with Gasteiger partial charge in [-0.15, -0.1) is 11.3 Å². The number of esters is 1. The van der Waals surface area contributed by atoms with Crippen molar-refractivity contribution in [2.75, 3.05) is 52.8 Å². The number of nitrogens with one attached hydrogen (secondary N) is 1. The van der Waals surface area contributed by atoms with E-state index in [0.717, 1.165) is 11.3 Å². The first-order chi connectivity index (χ1) is 19.7. The molecule has 2 aromatic carbocycles. The van der Waals surface area contributed by atoms with Crippen molar-refractivity contribution in [2.45, 2.75) is 18.5 Å². The third-order valence-corrected chi connectivity index (χ3v) is 7.85. The molecule has 0 unspecified atom stereocenters. The molecule has 0 aliphatic carbocycles. The van der Waals surface area contributed by atoms with Crippen LogP contribution in [0.3, 0.4) is 0 Å². The zero-order chi connectivity index (χ0) is 29.5. The van der Waals surface area contributed by atoms with Crippen molar-refractivity contribution in [3.05, 3.63) is 82.0 Å². The number of amides is 3. The zero-order valence-electron chi connectivity index (χ0n) is 23.5. The number of thiophene rings is 1. The summed E-state index contributed by atoms with van der Waals surface area (Å²) in [6.45, 7) is 0.410. The highest BCUT2D eigenvalue weighted by atomic mass is 32.1. The van der Waals surface area contributed by atoms with E-state index in [1.165, 1.54) is 23.3 Å². The summed E-state index contributed by atoms with van der Waals surface area (Å²) in [4.78, 5) is 58.7. The minimum Gasteiger partial charge on any atom is -0.497 e. The summed E-state index contributed by atoms with van der Waals surface area (Å²) in [6, 6.07) is 15.8. The molecule has 41 heavy (non-hydrogen) atoms. The lowest BCUT2D eigenvalue weighted by Gasteiger charge is -2.40. The largest absolute Gasteiger partial charge is 0.497 e. The predicted molar refractivity (Wildman–Crippen MR) is 156 cm³/mol. The number of carbonyl (C=O) groups excluding carboxylic acids is 4. The summed E-state index contributed by atoms with van der Waals surface area (Å²) in [5, 5.41) is 4.58. The van der Waals surface area contributed by atoms with Gasteiger partial charge in [-0.1, -0.05) is 18.2 Å². The Morgan fingerprint density at radius 2 is 1.68 bits per heavy atom. The van der Waals surface area contributed by atoms with Gasteiger partial charge in [0.1, 0.15) is 17.8 Å². The molecule has 2 atom stereocenters. The van der Waals surface area contributed by atoms with Crippen LogP contribution in [-0.2, 0) is 20.7 Å². The van der Waals surface area contributed by atoms with E-state index in [1.54, 1.807) is 65.9 Å². The maximum absolute atomic E-state index is 13.8. The quantitative estimate of drug-likeness (QED) is 0.389. The van der Waals surface area contributed by atoms with Crippen LogP contribution in [0.15, 0.2) is 66.0 Å². The SMILES string of the molecule is COC(=O)[C@H](Cc1ccc(OC)cc1)NC(=O)[C@H]1CN(C(=O)c2ccc(N(C)C)cc2)CCN1C(=O)c1cccs1. The molecule has 1 aromatic heterocycles. The fourth-order valence-electron chi connectivity index (χ4n) is 4.66. The molecule has 1 saturated heterocycles. The van der Waals surface area contributed by atoms with E-state index in [9.17, 15) is 19.2 Å². The fourth-order valence-corrected chi connectivity index (χ4v) is 5.34. The number of benzene rings is 2. The van der Waals surface area contributed by atoms with Gasteiger partial charge in [-0.2, -0.15) is 0 Å². The topological polar surface area (TPSA) is 108 Å². The fraction of sp³-hybridized carbons (Fsp3) is 0.333. The molecule has 0 radical (unpaired) electrons. The first-order valence-electron chi connectivity index (χ1n) is 13.1.